The minimum Gasteiger partial charge on any atom is -0.378 e. The van der Waals surface area contributed by atoms with Crippen molar-refractivity contribution in [3.8, 4) is 0 Å². The molecule has 0 bridgehead atoms. The van der Waals surface area contributed by atoms with Crippen molar-refractivity contribution < 1.29 is 9.53 Å². The average molecular weight is 363 g/mol. The molecule has 1 amide bonds. The Hall–Kier alpha value is -1.56. The standard InChI is InChI=1S/C18H19ClN2O2S/c19-13-3-1-12(2-4-13)14-5-6-20-18(22)17-15(14)11-16(24-17)21-7-9-23-10-8-21/h1-4,11,14H,5-10H2,(H,20,22). The van der Waals surface area contributed by atoms with Gasteiger partial charge in [-0.3, -0.25) is 4.79 Å². The second-order valence-electron chi connectivity index (χ2n) is 6.12. The number of carbonyl (C=O) groups excluding carboxylic acids is 1. The van der Waals surface area contributed by atoms with Crippen molar-refractivity contribution in [1.82, 2.24) is 5.32 Å². The fourth-order valence-corrected chi connectivity index (χ4v) is 4.69. The Bertz CT molecular complexity index is 738. The number of hydrogen-bond donors (Lipinski definition) is 1. The van der Waals surface area contributed by atoms with E-state index in [-0.39, 0.29) is 11.8 Å². The molecule has 2 aliphatic rings. The van der Waals surface area contributed by atoms with Gasteiger partial charge < -0.3 is 15.0 Å². The Morgan fingerprint density at radius 2 is 1.96 bits per heavy atom. The van der Waals surface area contributed by atoms with E-state index in [0.29, 0.717) is 6.54 Å². The third-order valence-electron chi connectivity index (χ3n) is 4.64. The second kappa shape index (κ2) is 6.75. The van der Waals surface area contributed by atoms with Crippen LogP contribution in [0.4, 0.5) is 5.00 Å². The van der Waals surface area contributed by atoms with E-state index in [1.54, 1.807) is 11.3 Å². The first-order valence-electron chi connectivity index (χ1n) is 8.22. The van der Waals surface area contributed by atoms with Crippen LogP contribution in [0.25, 0.3) is 0 Å². The van der Waals surface area contributed by atoms with Gasteiger partial charge in [0.2, 0.25) is 0 Å². The zero-order valence-corrected chi connectivity index (χ0v) is 14.8. The number of hydrogen-bond acceptors (Lipinski definition) is 4. The molecule has 1 fully saturated rings. The number of morpholine rings is 1. The third-order valence-corrected chi connectivity index (χ3v) is 6.11. The van der Waals surface area contributed by atoms with Crippen LogP contribution in [0.2, 0.25) is 5.02 Å². The monoisotopic (exact) mass is 362 g/mol. The zero-order chi connectivity index (χ0) is 16.5. The SMILES string of the molecule is O=C1NCCC(c2ccc(Cl)cc2)c2cc(N3CCOCC3)sc21. The molecular formula is C18H19ClN2O2S. The van der Waals surface area contributed by atoms with Crippen molar-refractivity contribution in [1.29, 1.82) is 0 Å². The topological polar surface area (TPSA) is 41.6 Å². The summed E-state index contributed by atoms with van der Waals surface area (Å²) < 4.78 is 5.44. The van der Waals surface area contributed by atoms with Crippen LogP contribution >= 0.6 is 22.9 Å². The maximum atomic E-state index is 12.5. The largest absolute Gasteiger partial charge is 0.378 e. The van der Waals surface area contributed by atoms with Gasteiger partial charge in [-0.1, -0.05) is 23.7 Å². The maximum absolute atomic E-state index is 12.5. The van der Waals surface area contributed by atoms with Crippen molar-refractivity contribution in [3.63, 3.8) is 0 Å². The summed E-state index contributed by atoms with van der Waals surface area (Å²) in [6, 6.07) is 10.2. The van der Waals surface area contributed by atoms with E-state index in [4.69, 9.17) is 16.3 Å². The lowest BCUT2D eigenvalue weighted by molar-refractivity contribution is 0.0960. The molecule has 0 spiro atoms. The first-order chi connectivity index (χ1) is 11.7. The lowest BCUT2D eigenvalue weighted by Crippen LogP contribution is -2.35. The molecule has 2 aliphatic heterocycles. The van der Waals surface area contributed by atoms with Crippen LogP contribution in [0.15, 0.2) is 30.3 Å². The molecule has 6 heteroatoms. The third kappa shape index (κ3) is 3.04. The fraction of sp³-hybridized carbons (Fsp3) is 0.389. The summed E-state index contributed by atoms with van der Waals surface area (Å²) in [4.78, 5) is 15.6. The van der Waals surface area contributed by atoms with Crippen LogP contribution in [-0.2, 0) is 4.74 Å². The van der Waals surface area contributed by atoms with Crippen LogP contribution in [0.1, 0.15) is 33.1 Å². The van der Waals surface area contributed by atoms with Gasteiger partial charge in [-0.15, -0.1) is 11.3 Å². The van der Waals surface area contributed by atoms with E-state index in [1.807, 2.05) is 12.1 Å². The minimum absolute atomic E-state index is 0.0472. The van der Waals surface area contributed by atoms with E-state index in [1.165, 1.54) is 10.6 Å². The number of anilines is 1. The first kappa shape index (κ1) is 15.9. The number of benzene rings is 1. The van der Waals surface area contributed by atoms with Crippen LogP contribution < -0.4 is 10.2 Å². The molecule has 0 saturated carbocycles. The van der Waals surface area contributed by atoms with Crippen LogP contribution in [0.3, 0.4) is 0 Å². The molecule has 1 aromatic carbocycles. The Kier molecular flexibility index (Phi) is 4.48. The quantitative estimate of drug-likeness (QED) is 0.889. The van der Waals surface area contributed by atoms with Gasteiger partial charge in [0.15, 0.2) is 0 Å². The lowest BCUT2D eigenvalue weighted by Gasteiger charge is -2.27. The van der Waals surface area contributed by atoms with Gasteiger partial charge in [0, 0.05) is 30.6 Å². The number of carbonyl (C=O) groups is 1. The van der Waals surface area contributed by atoms with E-state index in [0.717, 1.165) is 48.2 Å². The van der Waals surface area contributed by atoms with Gasteiger partial charge in [-0.25, -0.2) is 0 Å². The summed E-state index contributed by atoms with van der Waals surface area (Å²) in [7, 11) is 0. The summed E-state index contributed by atoms with van der Waals surface area (Å²) in [5.41, 5.74) is 2.35. The van der Waals surface area contributed by atoms with Crippen molar-refractivity contribution in [2.45, 2.75) is 12.3 Å². The molecule has 0 radical (unpaired) electrons. The van der Waals surface area contributed by atoms with E-state index in [2.05, 4.69) is 28.4 Å². The first-order valence-corrected chi connectivity index (χ1v) is 9.42. The van der Waals surface area contributed by atoms with E-state index >= 15 is 0 Å². The Morgan fingerprint density at radius 3 is 2.71 bits per heavy atom. The molecular weight excluding hydrogens is 344 g/mol. The second-order valence-corrected chi connectivity index (χ2v) is 7.58. The highest BCUT2D eigenvalue weighted by molar-refractivity contribution is 7.18. The summed E-state index contributed by atoms with van der Waals surface area (Å²) in [5, 5.41) is 4.93. The Labute approximate surface area is 150 Å². The van der Waals surface area contributed by atoms with Gasteiger partial charge in [0.1, 0.15) is 0 Å². The number of nitrogens with zero attached hydrogens (tertiary/aromatic N) is 1. The van der Waals surface area contributed by atoms with Gasteiger partial charge in [-0.05, 0) is 35.7 Å². The van der Waals surface area contributed by atoms with Crippen molar-refractivity contribution in [2.24, 2.45) is 0 Å². The lowest BCUT2D eigenvalue weighted by atomic mass is 9.89. The van der Waals surface area contributed by atoms with Crippen LogP contribution in [-0.4, -0.2) is 38.8 Å². The number of nitrogens with one attached hydrogen (secondary N) is 1. The Morgan fingerprint density at radius 1 is 1.21 bits per heavy atom. The highest BCUT2D eigenvalue weighted by atomic mass is 35.5. The molecule has 1 unspecified atom stereocenters. The molecule has 4 rings (SSSR count). The number of fused-ring (bicyclic) bond motifs is 1. The highest BCUT2D eigenvalue weighted by Gasteiger charge is 2.28. The summed E-state index contributed by atoms with van der Waals surface area (Å²) in [6.07, 6.45) is 0.902. The van der Waals surface area contributed by atoms with E-state index in [9.17, 15) is 4.79 Å². The van der Waals surface area contributed by atoms with Gasteiger partial charge in [-0.2, -0.15) is 0 Å². The number of halogens is 1. The molecule has 4 nitrogen and oxygen atoms in total. The molecule has 3 heterocycles. The summed E-state index contributed by atoms with van der Waals surface area (Å²) >= 11 is 7.63. The molecule has 0 aliphatic carbocycles. The molecule has 1 saturated heterocycles. The van der Waals surface area contributed by atoms with Crippen molar-refractivity contribution in [3.05, 3.63) is 51.4 Å². The predicted molar refractivity (Wildman–Crippen MR) is 97.6 cm³/mol. The number of rotatable bonds is 2. The molecule has 2 aromatic rings. The number of amides is 1. The molecule has 1 atom stereocenters. The Balaban J connectivity index is 1.73. The highest BCUT2D eigenvalue weighted by Crippen LogP contribution is 2.40. The van der Waals surface area contributed by atoms with E-state index < -0.39 is 0 Å². The molecule has 1 N–H and O–H groups in total. The van der Waals surface area contributed by atoms with Crippen LogP contribution in [0.5, 0.6) is 0 Å². The van der Waals surface area contributed by atoms with Crippen molar-refractivity contribution >= 4 is 33.8 Å². The summed E-state index contributed by atoms with van der Waals surface area (Å²) in [5.74, 6) is 0.272. The van der Waals surface area contributed by atoms with Crippen LogP contribution in [0, 0.1) is 0 Å². The molecule has 126 valence electrons. The number of thiophene rings is 1. The normalized spacial score (nSPS) is 21.1. The van der Waals surface area contributed by atoms with Gasteiger partial charge in [0.05, 0.1) is 23.1 Å². The molecule has 24 heavy (non-hydrogen) atoms. The smallest absolute Gasteiger partial charge is 0.261 e. The molecule has 1 aromatic heterocycles. The number of ether oxygens (including phenoxy) is 1. The zero-order valence-electron chi connectivity index (χ0n) is 13.3. The minimum atomic E-state index is 0.0472. The van der Waals surface area contributed by atoms with Gasteiger partial charge in [0.25, 0.3) is 5.91 Å². The average Bonchev–Trinajstić information content (AvgIpc) is 2.99. The predicted octanol–water partition coefficient (Wildman–Crippen LogP) is 3.50. The van der Waals surface area contributed by atoms with Crippen molar-refractivity contribution in [2.75, 3.05) is 37.7 Å². The van der Waals surface area contributed by atoms with Gasteiger partial charge >= 0.3 is 0 Å². The maximum Gasteiger partial charge on any atom is 0.261 e. The summed E-state index contributed by atoms with van der Waals surface area (Å²) in [6.45, 7) is 3.95. The fourth-order valence-electron chi connectivity index (χ4n) is 3.37.